The molecule has 0 bridgehead atoms. The Kier molecular flexibility index (Phi) is 8.91. The number of ether oxygens (including phenoxy) is 3. The molecule has 2 aromatic rings. The van der Waals surface area contributed by atoms with Crippen LogP contribution in [-0.4, -0.2) is 73.6 Å². The van der Waals surface area contributed by atoms with Gasteiger partial charge in [0.1, 0.15) is 12.0 Å². The number of aromatic nitrogens is 2. The molecule has 0 radical (unpaired) electrons. The molecule has 0 amide bonds. The SMILES string of the molecule is COc1nc2c(c(N3CCOCC(C)C3)n1)COC(c1cc(N)cc(C)c1C(F)(F)F)C2.FC1CC2CCCN2C1. The molecule has 3 saturated heterocycles. The largest absolute Gasteiger partial charge is 0.467 e. The summed E-state index contributed by atoms with van der Waals surface area (Å²) in [5.74, 6) is 0.985. The maximum Gasteiger partial charge on any atom is 0.417 e. The number of nitrogens with two attached hydrogens (primary N) is 1. The first-order valence-corrected chi connectivity index (χ1v) is 14.3. The van der Waals surface area contributed by atoms with E-state index in [0.717, 1.165) is 25.1 Å². The number of alkyl halides is 4. The minimum absolute atomic E-state index is 0.0246. The Hall–Kier alpha value is -2.70. The van der Waals surface area contributed by atoms with Gasteiger partial charge in [-0.15, -0.1) is 0 Å². The molecular weight excluding hydrogens is 542 g/mol. The first kappa shape index (κ1) is 29.8. The number of anilines is 2. The van der Waals surface area contributed by atoms with Crippen LogP contribution in [0.25, 0.3) is 0 Å². The molecule has 5 heterocycles. The lowest BCUT2D eigenvalue weighted by molar-refractivity contribution is -0.140. The summed E-state index contributed by atoms with van der Waals surface area (Å²) in [5, 5.41) is 0. The second-order valence-electron chi connectivity index (χ2n) is 11.5. The van der Waals surface area contributed by atoms with Gasteiger partial charge in [-0.1, -0.05) is 6.92 Å². The summed E-state index contributed by atoms with van der Waals surface area (Å²) < 4.78 is 71.0. The molecule has 4 aliphatic heterocycles. The zero-order chi connectivity index (χ0) is 29.3. The van der Waals surface area contributed by atoms with Crippen LogP contribution in [0, 0.1) is 12.8 Å². The number of nitrogens with zero attached hydrogens (tertiary/aromatic N) is 4. The Balaban J connectivity index is 0.000000315. The highest BCUT2D eigenvalue weighted by atomic mass is 19.4. The van der Waals surface area contributed by atoms with Gasteiger partial charge in [-0.2, -0.15) is 23.1 Å². The van der Waals surface area contributed by atoms with E-state index in [1.54, 1.807) is 0 Å². The van der Waals surface area contributed by atoms with Crippen LogP contribution in [0.5, 0.6) is 6.01 Å². The van der Waals surface area contributed by atoms with Gasteiger partial charge in [0, 0.05) is 43.3 Å². The summed E-state index contributed by atoms with van der Waals surface area (Å²) in [6, 6.07) is 3.46. The van der Waals surface area contributed by atoms with Crippen molar-refractivity contribution in [1.82, 2.24) is 14.9 Å². The molecule has 0 spiro atoms. The van der Waals surface area contributed by atoms with Crippen molar-refractivity contribution in [2.24, 2.45) is 5.92 Å². The van der Waals surface area contributed by atoms with Gasteiger partial charge in [-0.3, -0.25) is 4.90 Å². The number of benzene rings is 1. The average Bonchev–Trinajstić information content (AvgIpc) is 3.41. The fraction of sp³-hybridized carbons (Fsp3) is 0.655. The van der Waals surface area contributed by atoms with Crippen LogP contribution in [0.4, 0.5) is 29.1 Å². The Morgan fingerprint density at radius 2 is 1.95 bits per heavy atom. The molecule has 4 aliphatic rings. The van der Waals surface area contributed by atoms with Gasteiger partial charge in [0.2, 0.25) is 0 Å². The zero-order valence-corrected chi connectivity index (χ0v) is 23.8. The third-order valence-corrected chi connectivity index (χ3v) is 8.26. The van der Waals surface area contributed by atoms with Crippen LogP contribution in [0.15, 0.2) is 12.1 Å². The molecule has 2 N–H and O–H groups in total. The molecule has 12 heteroatoms. The summed E-state index contributed by atoms with van der Waals surface area (Å²) in [7, 11) is 1.47. The standard InChI is InChI=1S/C22H27F3N4O3.C7H12FN/c1-12-9-29(4-5-31-10-12)20-16-11-32-18(8-17(16)27-21(28-20)30-3)15-7-14(26)6-13(2)19(15)22(23,24)25;8-6-4-7-2-1-3-9(7)5-6/h6-7,12,18H,4-5,8-11,26H2,1-3H3;6-7H,1-5H2. The summed E-state index contributed by atoms with van der Waals surface area (Å²) >= 11 is 0. The number of fused-ring (bicyclic) bond motifs is 2. The normalized spacial score (nSPS) is 26.6. The molecule has 41 heavy (non-hydrogen) atoms. The van der Waals surface area contributed by atoms with Gasteiger partial charge in [0.15, 0.2) is 0 Å². The van der Waals surface area contributed by atoms with Crippen LogP contribution in [-0.2, 0) is 28.7 Å². The highest BCUT2D eigenvalue weighted by Gasteiger charge is 2.39. The Morgan fingerprint density at radius 3 is 2.68 bits per heavy atom. The van der Waals surface area contributed by atoms with Crippen molar-refractivity contribution in [2.45, 2.75) is 70.6 Å². The zero-order valence-electron chi connectivity index (χ0n) is 23.8. The summed E-state index contributed by atoms with van der Waals surface area (Å²) in [4.78, 5) is 13.4. The predicted molar refractivity (Wildman–Crippen MR) is 147 cm³/mol. The van der Waals surface area contributed by atoms with E-state index in [0.29, 0.717) is 49.8 Å². The minimum atomic E-state index is -4.52. The van der Waals surface area contributed by atoms with Crippen molar-refractivity contribution in [3.05, 3.63) is 40.1 Å². The van der Waals surface area contributed by atoms with E-state index < -0.39 is 24.0 Å². The molecule has 0 saturated carbocycles. The molecule has 226 valence electrons. The molecule has 6 rings (SSSR count). The number of rotatable bonds is 3. The number of aryl methyl sites for hydroxylation is 1. The molecule has 0 aliphatic carbocycles. The lowest BCUT2D eigenvalue weighted by Gasteiger charge is -2.32. The highest BCUT2D eigenvalue weighted by Crippen LogP contribution is 2.43. The van der Waals surface area contributed by atoms with E-state index in [1.165, 1.54) is 39.0 Å². The Morgan fingerprint density at radius 1 is 1.15 bits per heavy atom. The molecule has 3 fully saturated rings. The van der Waals surface area contributed by atoms with Gasteiger partial charge in [0.25, 0.3) is 0 Å². The number of hydrogen-bond donors (Lipinski definition) is 1. The van der Waals surface area contributed by atoms with Crippen LogP contribution in [0.2, 0.25) is 0 Å². The third-order valence-electron chi connectivity index (χ3n) is 8.26. The molecule has 4 unspecified atom stereocenters. The summed E-state index contributed by atoms with van der Waals surface area (Å²) in [6.45, 7) is 8.06. The van der Waals surface area contributed by atoms with E-state index in [9.17, 15) is 17.6 Å². The van der Waals surface area contributed by atoms with E-state index in [1.807, 2.05) is 0 Å². The lowest BCUT2D eigenvalue weighted by Crippen LogP contribution is -2.32. The van der Waals surface area contributed by atoms with E-state index in [-0.39, 0.29) is 35.9 Å². The van der Waals surface area contributed by atoms with Crippen molar-refractivity contribution in [3.8, 4) is 6.01 Å². The van der Waals surface area contributed by atoms with Crippen molar-refractivity contribution >= 4 is 11.5 Å². The van der Waals surface area contributed by atoms with E-state index in [2.05, 4.69) is 26.7 Å². The topological polar surface area (TPSA) is 86.0 Å². The minimum Gasteiger partial charge on any atom is -0.467 e. The number of hydrogen-bond acceptors (Lipinski definition) is 8. The lowest BCUT2D eigenvalue weighted by atomic mass is 9.92. The first-order valence-electron chi connectivity index (χ1n) is 14.3. The maximum atomic E-state index is 13.8. The van der Waals surface area contributed by atoms with Gasteiger partial charge in [-0.05, 0) is 61.9 Å². The van der Waals surface area contributed by atoms with E-state index in [4.69, 9.17) is 19.9 Å². The van der Waals surface area contributed by atoms with Gasteiger partial charge in [-0.25, -0.2) is 4.39 Å². The smallest absolute Gasteiger partial charge is 0.417 e. The summed E-state index contributed by atoms with van der Waals surface area (Å²) in [6.07, 6.45) is -2.38. The molecule has 1 aromatic carbocycles. The molecular formula is C29H39F4N5O3. The highest BCUT2D eigenvalue weighted by molar-refractivity contribution is 5.54. The molecule has 1 aromatic heterocycles. The average molecular weight is 582 g/mol. The quantitative estimate of drug-likeness (QED) is 0.406. The van der Waals surface area contributed by atoms with Crippen molar-refractivity contribution < 1.29 is 31.8 Å². The van der Waals surface area contributed by atoms with E-state index >= 15 is 0 Å². The first-order chi connectivity index (χ1) is 19.5. The monoisotopic (exact) mass is 581 g/mol. The van der Waals surface area contributed by atoms with Crippen molar-refractivity contribution in [1.29, 1.82) is 0 Å². The van der Waals surface area contributed by atoms with Crippen LogP contribution in [0.1, 0.15) is 60.2 Å². The van der Waals surface area contributed by atoms with Gasteiger partial charge in [0.05, 0.1) is 44.3 Å². The van der Waals surface area contributed by atoms with Gasteiger partial charge >= 0.3 is 12.2 Å². The predicted octanol–water partition coefficient (Wildman–Crippen LogP) is 4.87. The van der Waals surface area contributed by atoms with Crippen LogP contribution >= 0.6 is 0 Å². The van der Waals surface area contributed by atoms with Crippen molar-refractivity contribution in [3.63, 3.8) is 0 Å². The Labute approximate surface area is 238 Å². The fourth-order valence-corrected chi connectivity index (χ4v) is 6.47. The molecule has 8 nitrogen and oxygen atoms in total. The second kappa shape index (κ2) is 12.3. The maximum absolute atomic E-state index is 13.8. The van der Waals surface area contributed by atoms with Crippen LogP contribution in [0.3, 0.4) is 0 Å². The number of nitrogen functional groups attached to an aromatic ring is 1. The Bertz CT molecular complexity index is 1220. The van der Waals surface area contributed by atoms with Gasteiger partial charge < -0.3 is 24.8 Å². The molecule has 4 atom stereocenters. The van der Waals surface area contributed by atoms with Crippen molar-refractivity contribution in [2.75, 3.05) is 57.1 Å². The second-order valence-corrected chi connectivity index (χ2v) is 11.5. The van der Waals surface area contributed by atoms with Crippen LogP contribution < -0.4 is 15.4 Å². The number of halogens is 4. The number of methoxy groups -OCH3 is 1. The summed E-state index contributed by atoms with van der Waals surface area (Å²) in [5.41, 5.74) is 6.92. The fourth-order valence-electron chi connectivity index (χ4n) is 6.47. The third kappa shape index (κ3) is 6.70.